The fourth-order valence-electron chi connectivity index (χ4n) is 3.08. The summed E-state index contributed by atoms with van der Waals surface area (Å²) >= 11 is 0. The van der Waals surface area contributed by atoms with Gasteiger partial charge < -0.3 is 10.1 Å². The van der Waals surface area contributed by atoms with Crippen molar-refractivity contribution < 1.29 is 4.74 Å². The minimum atomic E-state index is 0.695. The maximum atomic E-state index is 5.20. The van der Waals surface area contributed by atoms with Crippen molar-refractivity contribution in [3.8, 4) is 17.0 Å². The highest BCUT2D eigenvalue weighted by molar-refractivity contribution is 5.60. The largest absolute Gasteiger partial charge is 0.497 e. The van der Waals surface area contributed by atoms with Crippen LogP contribution in [0, 0.1) is 6.92 Å². The molecule has 0 unspecified atom stereocenters. The molecule has 1 saturated carbocycles. The SMILES string of the molecule is COc1ccc(-c2ccc(CNC3CCCC3)c(C)n2)cc1. The van der Waals surface area contributed by atoms with Gasteiger partial charge in [-0.3, -0.25) is 4.98 Å². The third-order valence-corrected chi connectivity index (χ3v) is 4.52. The van der Waals surface area contributed by atoms with Gasteiger partial charge in [0.05, 0.1) is 12.8 Å². The van der Waals surface area contributed by atoms with Gasteiger partial charge in [-0.25, -0.2) is 0 Å². The van der Waals surface area contributed by atoms with E-state index >= 15 is 0 Å². The number of pyridine rings is 1. The van der Waals surface area contributed by atoms with E-state index in [1.807, 2.05) is 12.1 Å². The predicted molar refractivity (Wildman–Crippen MR) is 90.1 cm³/mol. The molecule has 0 aliphatic heterocycles. The number of aryl methyl sites for hydroxylation is 1. The quantitative estimate of drug-likeness (QED) is 0.902. The van der Waals surface area contributed by atoms with Crippen LogP contribution in [0.2, 0.25) is 0 Å². The molecule has 3 heteroatoms. The second-order valence-corrected chi connectivity index (χ2v) is 6.03. The summed E-state index contributed by atoms with van der Waals surface area (Å²) in [6.45, 7) is 3.02. The molecule has 0 atom stereocenters. The van der Waals surface area contributed by atoms with Crippen LogP contribution in [0.5, 0.6) is 5.75 Å². The molecule has 0 amide bonds. The monoisotopic (exact) mass is 296 g/mol. The average Bonchev–Trinajstić information content (AvgIpc) is 3.07. The highest BCUT2D eigenvalue weighted by atomic mass is 16.5. The van der Waals surface area contributed by atoms with Gasteiger partial charge in [0.15, 0.2) is 0 Å². The van der Waals surface area contributed by atoms with E-state index in [1.165, 1.54) is 31.2 Å². The van der Waals surface area contributed by atoms with E-state index in [0.717, 1.165) is 29.2 Å². The van der Waals surface area contributed by atoms with Gasteiger partial charge in [0.25, 0.3) is 0 Å². The number of aromatic nitrogens is 1. The lowest BCUT2D eigenvalue weighted by Gasteiger charge is -2.13. The Bertz CT molecular complexity index is 616. The van der Waals surface area contributed by atoms with E-state index < -0.39 is 0 Å². The topological polar surface area (TPSA) is 34.1 Å². The standard InChI is InChI=1S/C19H24N2O/c1-14-16(13-20-17-5-3-4-6-17)9-12-19(21-14)15-7-10-18(22-2)11-8-15/h7-12,17,20H,3-6,13H2,1-2H3. The van der Waals surface area contributed by atoms with Crippen molar-refractivity contribution in [2.24, 2.45) is 0 Å². The van der Waals surface area contributed by atoms with E-state index in [-0.39, 0.29) is 0 Å². The molecule has 1 heterocycles. The molecule has 0 saturated heterocycles. The number of benzene rings is 1. The Hall–Kier alpha value is -1.87. The lowest BCUT2D eigenvalue weighted by atomic mass is 10.1. The fraction of sp³-hybridized carbons (Fsp3) is 0.421. The van der Waals surface area contributed by atoms with Crippen LogP contribution >= 0.6 is 0 Å². The van der Waals surface area contributed by atoms with Gasteiger partial charge >= 0.3 is 0 Å². The summed E-state index contributed by atoms with van der Waals surface area (Å²) in [6.07, 6.45) is 5.36. The van der Waals surface area contributed by atoms with Crippen molar-refractivity contribution in [2.45, 2.75) is 45.2 Å². The van der Waals surface area contributed by atoms with Gasteiger partial charge in [0, 0.05) is 23.8 Å². The second kappa shape index (κ2) is 6.93. The fourth-order valence-corrected chi connectivity index (χ4v) is 3.08. The molecule has 1 aromatic heterocycles. The first-order valence-corrected chi connectivity index (χ1v) is 8.10. The zero-order valence-electron chi connectivity index (χ0n) is 13.4. The summed E-state index contributed by atoms with van der Waals surface area (Å²) in [5.41, 5.74) is 4.55. The molecule has 3 rings (SSSR count). The summed E-state index contributed by atoms with van der Waals surface area (Å²) in [5, 5.41) is 3.66. The number of nitrogens with zero attached hydrogens (tertiary/aromatic N) is 1. The molecule has 1 aromatic carbocycles. The minimum Gasteiger partial charge on any atom is -0.497 e. The van der Waals surface area contributed by atoms with Crippen LogP contribution in [0.3, 0.4) is 0 Å². The zero-order valence-corrected chi connectivity index (χ0v) is 13.4. The second-order valence-electron chi connectivity index (χ2n) is 6.03. The summed E-state index contributed by atoms with van der Waals surface area (Å²) in [7, 11) is 1.68. The Morgan fingerprint density at radius 1 is 1.09 bits per heavy atom. The van der Waals surface area contributed by atoms with Gasteiger partial charge in [0.2, 0.25) is 0 Å². The number of ether oxygens (including phenoxy) is 1. The van der Waals surface area contributed by atoms with Crippen molar-refractivity contribution in [1.82, 2.24) is 10.3 Å². The number of hydrogen-bond acceptors (Lipinski definition) is 3. The number of hydrogen-bond donors (Lipinski definition) is 1. The van der Waals surface area contributed by atoms with Gasteiger partial charge in [-0.15, -0.1) is 0 Å². The normalized spacial score (nSPS) is 15.2. The van der Waals surface area contributed by atoms with Gasteiger partial charge in [0.1, 0.15) is 5.75 Å². The first-order valence-electron chi connectivity index (χ1n) is 8.10. The van der Waals surface area contributed by atoms with E-state index in [1.54, 1.807) is 7.11 Å². The minimum absolute atomic E-state index is 0.695. The van der Waals surface area contributed by atoms with Crippen molar-refractivity contribution in [3.05, 3.63) is 47.7 Å². The maximum absolute atomic E-state index is 5.20. The van der Waals surface area contributed by atoms with E-state index in [2.05, 4.69) is 36.5 Å². The Kier molecular flexibility index (Phi) is 4.74. The highest BCUT2D eigenvalue weighted by Gasteiger charge is 2.14. The highest BCUT2D eigenvalue weighted by Crippen LogP contribution is 2.22. The molecule has 1 aliphatic carbocycles. The number of methoxy groups -OCH3 is 1. The Morgan fingerprint density at radius 3 is 2.45 bits per heavy atom. The molecule has 1 aliphatic rings. The van der Waals surface area contributed by atoms with Crippen LogP contribution in [0.1, 0.15) is 36.9 Å². The van der Waals surface area contributed by atoms with Crippen molar-refractivity contribution in [1.29, 1.82) is 0 Å². The molecule has 0 bridgehead atoms. The summed E-state index contributed by atoms with van der Waals surface area (Å²) in [4.78, 5) is 4.76. The molecule has 3 nitrogen and oxygen atoms in total. The maximum Gasteiger partial charge on any atom is 0.118 e. The number of nitrogens with one attached hydrogen (secondary N) is 1. The number of rotatable bonds is 5. The molecule has 1 N–H and O–H groups in total. The first kappa shape index (κ1) is 15.0. The van der Waals surface area contributed by atoms with Crippen LogP contribution in [0.4, 0.5) is 0 Å². The summed E-state index contributed by atoms with van der Waals surface area (Å²) in [5.74, 6) is 0.873. The first-order chi connectivity index (χ1) is 10.8. The molecule has 1 fully saturated rings. The van der Waals surface area contributed by atoms with Crippen LogP contribution in [-0.2, 0) is 6.54 Å². The Labute approximate surface area is 132 Å². The molecule has 0 radical (unpaired) electrons. The zero-order chi connectivity index (χ0) is 15.4. The molecule has 0 spiro atoms. The summed E-state index contributed by atoms with van der Waals surface area (Å²) in [6, 6.07) is 13.1. The van der Waals surface area contributed by atoms with Crippen molar-refractivity contribution >= 4 is 0 Å². The Balaban J connectivity index is 1.70. The van der Waals surface area contributed by atoms with Crippen LogP contribution in [0.15, 0.2) is 36.4 Å². The third-order valence-electron chi connectivity index (χ3n) is 4.52. The van der Waals surface area contributed by atoms with Crippen LogP contribution in [-0.4, -0.2) is 18.1 Å². The van der Waals surface area contributed by atoms with Crippen LogP contribution < -0.4 is 10.1 Å². The van der Waals surface area contributed by atoms with Gasteiger partial charge in [-0.2, -0.15) is 0 Å². The molecule has 2 aromatic rings. The van der Waals surface area contributed by atoms with Gasteiger partial charge in [-0.1, -0.05) is 18.9 Å². The van der Waals surface area contributed by atoms with E-state index in [4.69, 9.17) is 9.72 Å². The van der Waals surface area contributed by atoms with Gasteiger partial charge in [-0.05, 0) is 55.7 Å². The van der Waals surface area contributed by atoms with E-state index in [0.29, 0.717) is 6.04 Å². The smallest absolute Gasteiger partial charge is 0.118 e. The lowest BCUT2D eigenvalue weighted by molar-refractivity contribution is 0.415. The van der Waals surface area contributed by atoms with Crippen molar-refractivity contribution in [3.63, 3.8) is 0 Å². The lowest BCUT2D eigenvalue weighted by Crippen LogP contribution is -2.25. The van der Waals surface area contributed by atoms with E-state index in [9.17, 15) is 0 Å². The molecular weight excluding hydrogens is 272 g/mol. The molecule has 116 valence electrons. The molecule has 22 heavy (non-hydrogen) atoms. The third kappa shape index (κ3) is 3.47. The van der Waals surface area contributed by atoms with Crippen molar-refractivity contribution in [2.75, 3.05) is 7.11 Å². The van der Waals surface area contributed by atoms with Crippen LogP contribution in [0.25, 0.3) is 11.3 Å². The average molecular weight is 296 g/mol. The summed E-state index contributed by atoms with van der Waals surface area (Å²) < 4.78 is 5.20. The predicted octanol–water partition coefficient (Wildman–Crippen LogP) is 4.10. The molecular formula is C19H24N2O. The Morgan fingerprint density at radius 2 is 1.82 bits per heavy atom.